The number of ether oxygens (including phenoxy) is 1. The van der Waals surface area contributed by atoms with E-state index in [2.05, 4.69) is 0 Å². The largest absolute Gasteiger partial charge is 0.493 e. The standard InChI is InChI=1S/C17H23NO5/c1-13-5-2-3-6-14(13)23-12-4-7-15(19)18-10-8-17(22,9-11-18)16(20)21/h2-3,5-6,22H,4,7-12H2,1H3,(H,20,21). The van der Waals surface area contributed by atoms with Gasteiger partial charge in [-0.05, 0) is 25.0 Å². The number of rotatable bonds is 6. The summed E-state index contributed by atoms with van der Waals surface area (Å²) in [4.78, 5) is 24.7. The Bertz CT molecular complexity index is 564. The third kappa shape index (κ3) is 4.45. The second-order valence-corrected chi connectivity index (χ2v) is 5.94. The number of carbonyl (C=O) groups is 2. The van der Waals surface area contributed by atoms with Crippen molar-refractivity contribution < 1.29 is 24.5 Å². The molecule has 126 valence electrons. The molecule has 1 aromatic rings. The Hall–Kier alpha value is -2.08. The maximum Gasteiger partial charge on any atom is 0.335 e. The smallest absolute Gasteiger partial charge is 0.335 e. The zero-order valence-electron chi connectivity index (χ0n) is 13.3. The number of hydrogen-bond acceptors (Lipinski definition) is 4. The molecule has 0 atom stereocenters. The Kier molecular flexibility index (Phi) is 5.60. The summed E-state index contributed by atoms with van der Waals surface area (Å²) in [7, 11) is 0. The van der Waals surface area contributed by atoms with Gasteiger partial charge in [0, 0.05) is 32.4 Å². The molecule has 1 aromatic carbocycles. The van der Waals surface area contributed by atoms with Crippen LogP contribution in [0.2, 0.25) is 0 Å². The molecule has 0 radical (unpaired) electrons. The lowest BCUT2D eigenvalue weighted by Gasteiger charge is -2.35. The highest BCUT2D eigenvalue weighted by Crippen LogP contribution is 2.23. The second kappa shape index (κ2) is 7.46. The van der Waals surface area contributed by atoms with Crippen LogP contribution in [-0.2, 0) is 9.59 Å². The van der Waals surface area contributed by atoms with Crippen LogP contribution < -0.4 is 4.74 Å². The minimum absolute atomic E-state index is 0.0224. The van der Waals surface area contributed by atoms with Crippen LogP contribution in [0.4, 0.5) is 0 Å². The van der Waals surface area contributed by atoms with E-state index >= 15 is 0 Å². The summed E-state index contributed by atoms with van der Waals surface area (Å²) in [6.07, 6.45) is 1.12. The number of carbonyl (C=O) groups excluding carboxylic acids is 1. The van der Waals surface area contributed by atoms with E-state index in [1.54, 1.807) is 4.90 Å². The van der Waals surface area contributed by atoms with Crippen LogP contribution in [0.3, 0.4) is 0 Å². The Labute approximate surface area is 135 Å². The van der Waals surface area contributed by atoms with E-state index in [1.807, 2.05) is 31.2 Å². The average Bonchev–Trinajstić information content (AvgIpc) is 2.53. The van der Waals surface area contributed by atoms with E-state index in [0.717, 1.165) is 11.3 Å². The molecule has 23 heavy (non-hydrogen) atoms. The summed E-state index contributed by atoms with van der Waals surface area (Å²) in [5, 5.41) is 18.8. The first kappa shape index (κ1) is 17.3. The number of amides is 1. The van der Waals surface area contributed by atoms with Crippen molar-refractivity contribution in [2.45, 2.75) is 38.2 Å². The first-order chi connectivity index (χ1) is 10.9. The molecule has 6 heteroatoms. The van der Waals surface area contributed by atoms with Crippen LogP contribution in [0.1, 0.15) is 31.2 Å². The van der Waals surface area contributed by atoms with Crippen molar-refractivity contribution in [3.05, 3.63) is 29.8 Å². The quantitative estimate of drug-likeness (QED) is 0.777. The number of carboxylic acids is 1. The fraction of sp³-hybridized carbons (Fsp3) is 0.529. The van der Waals surface area contributed by atoms with Crippen LogP contribution in [0.5, 0.6) is 5.75 Å². The molecule has 0 spiro atoms. The van der Waals surface area contributed by atoms with Crippen molar-refractivity contribution in [1.82, 2.24) is 4.90 Å². The Morgan fingerprint density at radius 2 is 1.91 bits per heavy atom. The van der Waals surface area contributed by atoms with Gasteiger partial charge in [-0.3, -0.25) is 4.79 Å². The number of hydrogen-bond donors (Lipinski definition) is 2. The van der Waals surface area contributed by atoms with Gasteiger partial charge in [-0.25, -0.2) is 4.79 Å². The van der Waals surface area contributed by atoms with Gasteiger partial charge in [0.1, 0.15) is 5.75 Å². The highest BCUT2D eigenvalue weighted by atomic mass is 16.5. The predicted molar refractivity (Wildman–Crippen MR) is 84.3 cm³/mol. The van der Waals surface area contributed by atoms with E-state index in [1.165, 1.54) is 0 Å². The predicted octanol–water partition coefficient (Wildman–Crippen LogP) is 1.59. The number of nitrogens with zero attached hydrogens (tertiary/aromatic N) is 1. The second-order valence-electron chi connectivity index (χ2n) is 5.94. The third-order valence-electron chi connectivity index (χ3n) is 4.23. The lowest BCUT2D eigenvalue weighted by atomic mass is 9.91. The Balaban J connectivity index is 1.70. The summed E-state index contributed by atoms with van der Waals surface area (Å²) in [5.74, 6) is -0.411. The maximum atomic E-state index is 12.1. The van der Waals surface area contributed by atoms with Gasteiger partial charge in [-0.2, -0.15) is 0 Å². The molecule has 0 bridgehead atoms. The Morgan fingerprint density at radius 3 is 2.52 bits per heavy atom. The highest BCUT2D eigenvalue weighted by molar-refractivity contribution is 5.79. The molecular formula is C17H23NO5. The van der Waals surface area contributed by atoms with Crippen molar-refractivity contribution >= 4 is 11.9 Å². The number of carboxylic acid groups (broad SMARTS) is 1. The number of aliphatic carboxylic acids is 1. The normalized spacial score (nSPS) is 16.9. The van der Waals surface area contributed by atoms with Crippen LogP contribution >= 0.6 is 0 Å². The number of likely N-dealkylation sites (tertiary alicyclic amines) is 1. The fourth-order valence-electron chi connectivity index (χ4n) is 2.62. The number of aryl methyl sites for hydroxylation is 1. The molecule has 1 aliphatic rings. The summed E-state index contributed by atoms with van der Waals surface area (Å²) >= 11 is 0. The summed E-state index contributed by atoms with van der Waals surface area (Å²) in [6.45, 7) is 2.99. The number of benzene rings is 1. The molecule has 1 aliphatic heterocycles. The SMILES string of the molecule is Cc1ccccc1OCCCC(=O)N1CCC(O)(C(=O)O)CC1. The first-order valence-electron chi connectivity index (χ1n) is 7.84. The van der Waals surface area contributed by atoms with Crippen LogP contribution in [0, 0.1) is 6.92 Å². The Morgan fingerprint density at radius 1 is 1.26 bits per heavy atom. The van der Waals surface area contributed by atoms with E-state index < -0.39 is 11.6 Å². The lowest BCUT2D eigenvalue weighted by molar-refractivity contribution is -0.165. The zero-order chi connectivity index (χ0) is 16.9. The van der Waals surface area contributed by atoms with E-state index in [-0.39, 0.29) is 31.8 Å². The molecule has 0 saturated carbocycles. The topological polar surface area (TPSA) is 87.1 Å². The van der Waals surface area contributed by atoms with Gasteiger partial charge in [0.15, 0.2) is 5.60 Å². The van der Waals surface area contributed by atoms with Gasteiger partial charge in [0.25, 0.3) is 0 Å². The summed E-state index contributed by atoms with van der Waals surface area (Å²) in [5.41, 5.74) is -0.632. The maximum absolute atomic E-state index is 12.1. The summed E-state index contributed by atoms with van der Waals surface area (Å²) < 4.78 is 5.65. The molecule has 1 heterocycles. The average molecular weight is 321 g/mol. The minimum atomic E-state index is -1.69. The third-order valence-corrected chi connectivity index (χ3v) is 4.23. The van der Waals surface area contributed by atoms with Crippen molar-refractivity contribution in [2.75, 3.05) is 19.7 Å². The van der Waals surface area contributed by atoms with Gasteiger partial charge in [-0.15, -0.1) is 0 Å². The van der Waals surface area contributed by atoms with E-state index in [0.29, 0.717) is 19.4 Å². The van der Waals surface area contributed by atoms with E-state index in [9.17, 15) is 14.7 Å². The van der Waals surface area contributed by atoms with Gasteiger partial charge >= 0.3 is 5.97 Å². The van der Waals surface area contributed by atoms with Crippen molar-refractivity contribution in [3.63, 3.8) is 0 Å². The van der Waals surface area contributed by atoms with Crippen molar-refractivity contribution in [3.8, 4) is 5.75 Å². The van der Waals surface area contributed by atoms with E-state index in [4.69, 9.17) is 9.84 Å². The fourth-order valence-corrected chi connectivity index (χ4v) is 2.62. The summed E-state index contributed by atoms with van der Waals surface area (Å²) in [6, 6.07) is 7.72. The van der Waals surface area contributed by atoms with Gasteiger partial charge in [-0.1, -0.05) is 18.2 Å². The minimum Gasteiger partial charge on any atom is -0.493 e. The molecule has 6 nitrogen and oxygen atoms in total. The molecule has 1 saturated heterocycles. The monoisotopic (exact) mass is 321 g/mol. The molecule has 2 N–H and O–H groups in total. The van der Waals surface area contributed by atoms with Crippen LogP contribution in [0.15, 0.2) is 24.3 Å². The molecule has 2 rings (SSSR count). The van der Waals surface area contributed by atoms with Gasteiger partial charge < -0.3 is 19.8 Å². The van der Waals surface area contributed by atoms with Gasteiger partial charge in [0.2, 0.25) is 5.91 Å². The number of aliphatic hydroxyl groups is 1. The van der Waals surface area contributed by atoms with Crippen molar-refractivity contribution in [1.29, 1.82) is 0 Å². The first-order valence-corrected chi connectivity index (χ1v) is 7.84. The highest BCUT2D eigenvalue weighted by Gasteiger charge is 2.40. The number of piperidine rings is 1. The molecule has 0 aliphatic carbocycles. The molecular weight excluding hydrogens is 298 g/mol. The lowest BCUT2D eigenvalue weighted by Crippen LogP contribution is -2.50. The molecule has 0 unspecified atom stereocenters. The molecule has 1 fully saturated rings. The zero-order valence-corrected chi connectivity index (χ0v) is 13.3. The number of para-hydroxylation sites is 1. The van der Waals surface area contributed by atoms with Crippen LogP contribution in [-0.4, -0.2) is 52.3 Å². The molecule has 1 amide bonds. The van der Waals surface area contributed by atoms with Gasteiger partial charge in [0.05, 0.1) is 6.61 Å². The molecule has 0 aromatic heterocycles. The van der Waals surface area contributed by atoms with Crippen molar-refractivity contribution in [2.24, 2.45) is 0 Å². The van der Waals surface area contributed by atoms with Crippen LogP contribution in [0.25, 0.3) is 0 Å².